The maximum Gasteiger partial charge on any atom is 0.161 e. The van der Waals surface area contributed by atoms with Crippen molar-refractivity contribution in [1.82, 2.24) is 14.5 Å². The van der Waals surface area contributed by atoms with Gasteiger partial charge in [0.05, 0.1) is 33.7 Å². The molecule has 11 aromatic rings. The van der Waals surface area contributed by atoms with Crippen molar-refractivity contribution in [2.24, 2.45) is 0 Å². The van der Waals surface area contributed by atoms with Crippen molar-refractivity contribution >= 4 is 84.8 Å². The molecule has 0 N–H and O–H groups in total. The molecule has 0 saturated carbocycles. The molecule has 4 aromatic heterocycles. The van der Waals surface area contributed by atoms with Gasteiger partial charge in [-0.2, -0.15) is 10.5 Å². The molecule has 7 heteroatoms. The van der Waals surface area contributed by atoms with Crippen LogP contribution >= 0.6 is 22.7 Å². The Bertz CT molecular complexity index is 3470. The molecule has 0 aliphatic rings. The summed E-state index contributed by atoms with van der Waals surface area (Å²) in [6.07, 6.45) is 0. The quantitative estimate of drug-likeness (QED) is 0.180. The number of benzene rings is 7. The van der Waals surface area contributed by atoms with Gasteiger partial charge in [0.15, 0.2) is 5.82 Å². The second-order valence-corrected chi connectivity index (χ2v) is 15.7. The Morgan fingerprint density at radius 2 is 1.15 bits per heavy atom. The molecule has 254 valence electrons. The smallest absolute Gasteiger partial charge is 0.161 e. The third kappa shape index (κ3) is 4.75. The zero-order chi connectivity index (χ0) is 36.6. The number of nitrogens with zero attached hydrogens (tertiary/aromatic N) is 5. The van der Waals surface area contributed by atoms with Crippen LogP contribution in [0.5, 0.6) is 0 Å². The lowest BCUT2D eigenvalue weighted by molar-refractivity contribution is 1.16. The zero-order valence-corrected chi connectivity index (χ0v) is 30.6. The predicted molar refractivity (Wildman–Crippen MR) is 228 cm³/mol. The van der Waals surface area contributed by atoms with E-state index in [0.717, 1.165) is 48.7 Å². The Balaban J connectivity index is 1.15. The van der Waals surface area contributed by atoms with Crippen LogP contribution in [-0.4, -0.2) is 14.5 Å². The average molecular weight is 736 g/mol. The monoisotopic (exact) mass is 735 g/mol. The van der Waals surface area contributed by atoms with Gasteiger partial charge in [-0.05, 0) is 48.5 Å². The van der Waals surface area contributed by atoms with E-state index in [0.29, 0.717) is 33.9 Å². The van der Waals surface area contributed by atoms with Crippen molar-refractivity contribution in [3.05, 3.63) is 163 Å². The first-order valence-electron chi connectivity index (χ1n) is 17.9. The van der Waals surface area contributed by atoms with E-state index in [-0.39, 0.29) is 0 Å². The van der Waals surface area contributed by atoms with Gasteiger partial charge in [0.25, 0.3) is 0 Å². The Labute approximate surface area is 322 Å². The average Bonchev–Trinajstić information content (AvgIpc) is 3.91. The molecule has 55 heavy (non-hydrogen) atoms. The molecule has 5 nitrogen and oxygen atoms in total. The van der Waals surface area contributed by atoms with Crippen molar-refractivity contribution in [1.29, 1.82) is 10.5 Å². The normalized spacial score (nSPS) is 11.6. The summed E-state index contributed by atoms with van der Waals surface area (Å²) in [6.45, 7) is 0. The van der Waals surface area contributed by atoms with E-state index in [1.807, 2.05) is 60.7 Å². The third-order valence-corrected chi connectivity index (χ3v) is 12.9. The molecule has 0 atom stereocenters. The van der Waals surface area contributed by atoms with Gasteiger partial charge in [-0.15, -0.1) is 22.7 Å². The standard InChI is InChI=1S/C48H25N5S2/c49-26-30-23-29(21-22-39(30)53-40-18-7-4-13-31(40)36-24-37-33-15-6-8-19-42(33)54-44(37)25-41(36)53)46-38(27-50)45(28-11-2-1-3-12-28)51-48(52-46)35-17-10-16-34-32-14-5-9-20-43(32)55-47(34)35/h1-25H. The second kappa shape index (κ2) is 12.2. The highest BCUT2D eigenvalue weighted by atomic mass is 32.1. The third-order valence-electron chi connectivity index (χ3n) is 10.5. The maximum atomic E-state index is 10.8. The summed E-state index contributed by atoms with van der Waals surface area (Å²) < 4.78 is 6.92. The lowest BCUT2D eigenvalue weighted by Crippen LogP contribution is -2.02. The highest BCUT2D eigenvalue weighted by molar-refractivity contribution is 7.26. The van der Waals surface area contributed by atoms with Gasteiger partial charge in [-0.25, -0.2) is 9.97 Å². The molecular weight excluding hydrogens is 711 g/mol. The lowest BCUT2D eigenvalue weighted by Gasteiger charge is -2.15. The summed E-state index contributed by atoms with van der Waals surface area (Å²) in [5.41, 5.74) is 7.10. The van der Waals surface area contributed by atoms with Crippen molar-refractivity contribution < 1.29 is 0 Å². The highest BCUT2D eigenvalue weighted by Crippen LogP contribution is 2.43. The summed E-state index contributed by atoms with van der Waals surface area (Å²) >= 11 is 3.50. The first-order chi connectivity index (χ1) is 27.2. The second-order valence-electron chi connectivity index (χ2n) is 13.5. The van der Waals surface area contributed by atoms with Gasteiger partial charge >= 0.3 is 0 Å². The molecule has 0 aliphatic carbocycles. The summed E-state index contributed by atoms with van der Waals surface area (Å²) in [5.74, 6) is 0.530. The number of thiophene rings is 2. The van der Waals surface area contributed by atoms with Crippen LogP contribution in [0.25, 0.3) is 102 Å². The van der Waals surface area contributed by atoms with Crippen molar-refractivity contribution in [3.8, 4) is 51.7 Å². The number of nitriles is 2. The Morgan fingerprint density at radius 3 is 1.93 bits per heavy atom. The SMILES string of the molecule is N#Cc1cc(-c2nc(-c3cccc4c3sc3ccccc34)nc(-c3ccccc3)c2C#N)ccc1-n1c2ccccc2c2cc3c(cc21)sc1ccccc13. The van der Waals surface area contributed by atoms with E-state index in [1.165, 1.54) is 30.3 Å². The molecule has 11 rings (SSSR count). The van der Waals surface area contributed by atoms with Crippen molar-refractivity contribution in [2.75, 3.05) is 0 Å². The minimum Gasteiger partial charge on any atom is -0.308 e. The van der Waals surface area contributed by atoms with E-state index in [2.05, 4.69) is 108 Å². The minimum atomic E-state index is 0.360. The van der Waals surface area contributed by atoms with Crippen LogP contribution in [0.1, 0.15) is 11.1 Å². The Kier molecular flexibility index (Phi) is 6.96. The van der Waals surface area contributed by atoms with Gasteiger partial charge in [0, 0.05) is 67.8 Å². The first-order valence-corrected chi connectivity index (χ1v) is 19.5. The molecular formula is C48H25N5S2. The van der Waals surface area contributed by atoms with E-state index in [4.69, 9.17) is 9.97 Å². The van der Waals surface area contributed by atoms with Crippen LogP contribution in [0.15, 0.2) is 152 Å². The van der Waals surface area contributed by atoms with Gasteiger partial charge in [0.1, 0.15) is 17.7 Å². The topological polar surface area (TPSA) is 78.3 Å². The fraction of sp³-hybridized carbons (Fsp3) is 0. The van der Waals surface area contributed by atoms with Crippen LogP contribution in [0.4, 0.5) is 0 Å². The number of para-hydroxylation sites is 1. The molecule has 0 spiro atoms. The van der Waals surface area contributed by atoms with E-state index in [1.54, 1.807) is 22.7 Å². The number of hydrogen-bond acceptors (Lipinski definition) is 6. The highest BCUT2D eigenvalue weighted by Gasteiger charge is 2.23. The Hall–Kier alpha value is -7.16. The van der Waals surface area contributed by atoms with E-state index < -0.39 is 0 Å². The first kappa shape index (κ1) is 31.4. The molecule has 7 aromatic carbocycles. The van der Waals surface area contributed by atoms with Crippen LogP contribution in [0.3, 0.4) is 0 Å². The number of fused-ring (bicyclic) bond motifs is 9. The van der Waals surface area contributed by atoms with E-state index in [9.17, 15) is 10.5 Å². The van der Waals surface area contributed by atoms with Crippen LogP contribution in [0, 0.1) is 22.7 Å². The van der Waals surface area contributed by atoms with Gasteiger partial charge in [-0.1, -0.05) is 103 Å². The largest absolute Gasteiger partial charge is 0.308 e. The van der Waals surface area contributed by atoms with Crippen molar-refractivity contribution in [2.45, 2.75) is 0 Å². The van der Waals surface area contributed by atoms with Crippen LogP contribution in [0.2, 0.25) is 0 Å². The molecule has 0 bridgehead atoms. The van der Waals surface area contributed by atoms with Crippen LogP contribution < -0.4 is 0 Å². The minimum absolute atomic E-state index is 0.360. The molecule has 0 radical (unpaired) electrons. The molecule has 4 heterocycles. The van der Waals surface area contributed by atoms with Gasteiger partial charge in [-0.3, -0.25) is 0 Å². The number of aromatic nitrogens is 3. The fourth-order valence-electron chi connectivity index (χ4n) is 8.04. The van der Waals surface area contributed by atoms with Crippen LogP contribution in [-0.2, 0) is 0 Å². The number of hydrogen-bond donors (Lipinski definition) is 0. The molecule has 0 saturated heterocycles. The van der Waals surface area contributed by atoms with Gasteiger partial charge < -0.3 is 4.57 Å². The summed E-state index contributed by atoms with van der Waals surface area (Å²) in [5, 5.41) is 28.7. The fourth-order valence-corrected chi connectivity index (χ4v) is 10.4. The summed E-state index contributed by atoms with van der Waals surface area (Å²) in [6, 6.07) is 56.7. The zero-order valence-electron chi connectivity index (χ0n) is 29.0. The Morgan fingerprint density at radius 1 is 0.473 bits per heavy atom. The number of rotatable bonds is 4. The van der Waals surface area contributed by atoms with E-state index >= 15 is 0 Å². The summed E-state index contributed by atoms with van der Waals surface area (Å²) in [7, 11) is 0. The lowest BCUT2D eigenvalue weighted by atomic mass is 9.98. The van der Waals surface area contributed by atoms with Crippen molar-refractivity contribution in [3.63, 3.8) is 0 Å². The summed E-state index contributed by atoms with van der Waals surface area (Å²) in [4.78, 5) is 10.3. The molecule has 0 fully saturated rings. The molecule has 0 aliphatic heterocycles. The maximum absolute atomic E-state index is 10.8. The van der Waals surface area contributed by atoms with Gasteiger partial charge in [0.2, 0.25) is 0 Å². The molecule has 0 amide bonds. The predicted octanol–water partition coefficient (Wildman–Crippen LogP) is 13.1. The molecule has 0 unspecified atom stereocenters.